The van der Waals surface area contributed by atoms with E-state index in [1.54, 1.807) is 24.3 Å². The Hall–Kier alpha value is -2.16. The van der Waals surface area contributed by atoms with Crippen molar-refractivity contribution in [1.82, 2.24) is 10.2 Å². The molecule has 2 aromatic carbocycles. The molecule has 4 rings (SSSR count). The van der Waals surface area contributed by atoms with Crippen molar-refractivity contribution in [2.45, 2.75) is 19.0 Å². The first-order chi connectivity index (χ1) is 14.2. The van der Waals surface area contributed by atoms with Gasteiger partial charge in [0.2, 0.25) is 11.8 Å². The van der Waals surface area contributed by atoms with Crippen molar-refractivity contribution in [3.8, 4) is 0 Å². The number of carbonyl (C=O) groups excluding carboxylic acids is 2. The van der Waals surface area contributed by atoms with E-state index in [1.807, 2.05) is 12.1 Å². The number of hydrogen-bond donors (Lipinski definition) is 3. The Morgan fingerprint density at radius 2 is 1.55 bits per heavy atom. The van der Waals surface area contributed by atoms with Crippen LogP contribution in [0.2, 0.25) is 0 Å². The highest BCUT2D eigenvalue weighted by molar-refractivity contribution is 5.96. The normalized spacial score (nSPS) is 18.0. The standard InChI is InChI=1S/C22H26N4O3.2ClH/c27-21(15-26-9-11-29-12-10-26)24-18-5-7-19(8-6-18)25-22(28)20-13-16-3-1-2-4-17(16)14-23-20;;/h1-8,20,23H,9-15H2,(H,24,27)(H,25,28);2*1H. The molecule has 0 aromatic heterocycles. The van der Waals surface area contributed by atoms with E-state index in [0.717, 1.165) is 13.1 Å². The van der Waals surface area contributed by atoms with Crippen LogP contribution in [0.25, 0.3) is 0 Å². The molecule has 0 spiro atoms. The van der Waals surface area contributed by atoms with E-state index >= 15 is 0 Å². The van der Waals surface area contributed by atoms with Crippen LogP contribution in [-0.4, -0.2) is 55.6 Å². The number of fused-ring (bicyclic) bond motifs is 1. The van der Waals surface area contributed by atoms with Gasteiger partial charge in [0, 0.05) is 31.0 Å². The van der Waals surface area contributed by atoms with Crippen molar-refractivity contribution < 1.29 is 14.3 Å². The Balaban J connectivity index is 0.00000171. The van der Waals surface area contributed by atoms with Crippen molar-refractivity contribution in [1.29, 1.82) is 0 Å². The molecule has 2 heterocycles. The van der Waals surface area contributed by atoms with Gasteiger partial charge in [0.1, 0.15) is 0 Å². The Bertz CT molecular complexity index is 873. The first kappa shape index (κ1) is 25.1. The molecule has 2 aromatic rings. The van der Waals surface area contributed by atoms with Gasteiger partial charge in [0.05, 0.1) is 25.8 Å². The molecule has 168 valence electrons. The topological polar surface area (TPSA) is 82.7 Å². The van der Waals surface area contributed by atoms with Gasteiger partial charge >= 0.3 is 0 Å². The van der Waals surface area contributed by atoms with E-state index in [0.29, 0.717) is 44.1 Å². The second kappa shape index (κ2) is 12.0. The van der Waals surface area contributed by atoms with Crippen LogP contribution in [0.1, 0.15) is 11.1 Å². The highest BCUT2D eigenvalue weighted by Crippen LogP contribution is 2.18. The quantitative estimate of drug-likeness (QED) is 0.630. The lowest BCUT2D eigenvalue weighted by Gasteiger charge is -2.26. The van der Waals surface area contributed by atoms with E-state index < -0.39 is 0 Å². The zero-order chi connectivity index (χ0) is 20.1. The number of rotatable bonds is 5. The van der Waals surface area contributed by atoms with Crippen molar-refractivity contribution >= 4 is 48.0 Å². The zero-order valence-corrected chi connectivity index (χ0v) is 18.8. The summed E-state index contributed by atoms with van der Waals surface area (Å²) in [4.78, 5) is 26.9. The maximum absolute atomic E-state index is 12.6. The first-order valence-electron chi connectivity index (χ1n) is 9.98. The zero-order valence-electron chi connectivity index (χ0n) is 17.1. The lowest BCUT2D eigenvalue weighted by molar-refractivity contribution is -0.119. The van der Waals surface area contributed by atoms with Crippen molar-refractivity contribution in [3.05, 3.63) is 59.7 Å². The fraction of sp³-hybridized carbons (Fsp3) is 0.364. The second-order valence-corrected chi connectivity index (χ2v) is 7.41. The van der Waals surface area contributed by atoms with Crippen molar-refractivity contribution in [2.75, 3.05) is 43.5 Å². The Morgan fingerprint density at radius 1 is 0.935 bits per heavy atom. The third-order valence-corrected chi connectivity index (χ3v) is 5.30. The molecule has 1 fully saturated rings. The molecule has 2 aliphatic heterocycles. The minimum absolute atomic E-state index is 0. The number of hydrogen-bond acceptors (Lipinski definition) is 5. The summed E-state index contributed by atoms with van der Waals surface area (Å²) in [5, 5.41) is 9.14. The maximum Gasteiger partial charge on any atom is 0.241 e. The molecule has 2 aliphatic rings. The number of carbonyl (C=O) groups is 2. The molecule has 2 amide bonds. The summed E-state index contributed by atoms with van der Waals surface area (Å²) < 4.78 is 5.29. The minimum atomic E-state index is -0.252. The van der Waals surface area contributed by atoms with Gasteiger partial charge in [0.15, 0.2) is 0 Å². The lowest BCUT2D eigenvalue weighted by Crippen LogP contribution is -2.44. The largest absolute Gasteiger partial charge is 0.379 e. The Labute approximate surface area is 194 Å². The number of morpholine rings is 1. The number of nitrogens with one attached hydrogen (secondary N) is 3. The number of ether oxygens (including phenoxy) is 1. The van der Waals surface area contributed by atoms with Crippen LogP contribution in [0.5, 0.6) is 0 Å². The summed E-state index contributed by atoms with van der Waals surface area (Å²) in [6.45, 7) is 3.95. The van der Waals surface area contributed by atoms with Crippen LogP contribution < -0.4 is 16.0 Å². The van der Waals surface area contributed by atoms with E-state index in [2.05, 4.69) is 33.0 Å². The summed E-state index contributed by atoms with van der Waals surface area (Å²) in [6.07, 6.45) is 0.678. The van der Waals surface area contributed by atoms with Gasteiger partial charge in [0.25, 0.3) is 0 Å². The summed E-state index contributed by atoms with van der Waals surface area (Å²) in [5.41, 5.74) is 3.88. The minimum Gasteiger partial charge on any atom is -0.379 e. The summed E-state index contributed by atoms with van der Waals surface area (Å²) in [7, 11) is 0. The second-order valence-electron chi connectivity index (χ2n) is 7.41. The molecule has 3 N–H and O–H groups in total. The SMILES string of the molecule is Cl.Cl.O=C(CN1CCOCC1)Nc1ccc(NC(=O)C2Cc3ccccc3CN2)cc1. The predicted octanol–water partition coefficient (Wildman–Crippen LogP) is 2.45. The van der Waals surface area contributed by atoms with E-state index in [9.17, 15) is 9.59 Å². The van der Waals surface area contributed by atoms with Gasteiger partial charge in [-0.15, -0.1) is 24.8 Å². The van der Waals surface area contributed by atoms with E-state index in [-0.39, 0.29) is 42.7 Å². The molecule has 0 aliphatic carbocycles. The summed E-state index contributed by atoms with van der Waals surface area (Å²) >= 11 is 0. The highest BCUT2D eigenvalue weighted by Gasteiger charge is 2.23. The molecule has 1 atom stereocenters. The summed E-state index contributed by atoms with van der Waals surface area (Å²) in [6, 6.07) is 15.1. The molecule has 1 unspecified atom stereocenters. The van der Waals surface area contributed by atoms with Gasteiger partial charge in [-0.3, -0.25) is 14.5 Å². The van der Waals surface area contributed by atoms with E-state index in [1.165, 1.54) is 11.1 Å². The van der Waals surface area contributed by atoms with E-state index in [4.69, 9.17) is 4.74 Å². The molecule has 7 nitrogen and oxygen atoms in total. The van der Waals surface area contributed by atoms with Gasteiger partial charge in [-0.2, -0.15) is 0 Å². The fourth-order valence-electron chi connectivity index (χ4n) is 3.67. The number of benzene rings is 2. The number of halogens is 2. The van der Waals surface area contributed by atoms with Crippen LogP contribution in [0, 0.1) is 0 Å². The molecule has 0 radical (unpaired) electrons. The molecule has 31 heavy (non-hydrogen) atoms. The van der Waals surface area contributed by atoms with Gasteiger partial charge in [-0.1, -0.05) is 24.3 Å². The average Bonchev–Trinajstić information content (AvgIpc) is 2.75. The molecular formula is C22H28Cl2N4O3. The number of amides is 2. The van der Waals surface area contributed by atoms with Crippen LogP contribution in [0.4, 0.5) is 11.4 Å². The third-order valence-electron chi connectivity index (χ3n) is 5.30. The van der Waals surface area contributed by atoms with Gasteiger partial charge in [-0.25, -0.2) is 0 Å². The molecule has 1 saturated heterocycles. The fourth-order valence-corrected chi connectivity index (χ4v) is 3.67. The van der Waals surface area contributed by atoms with Crippen molar-refractivity contribution in [2.24, 2.45) is 0 Å². The van der Waals surface area contributed by atoms with Gasteiger partial charge < -0.3 is 20.7 Å². The highest BCUT2D eigenvalue weighted by atomic mass is 35.5. The number of anilines is 2. The van der Waals surface area contributed by atoms with Crippen molar-refractivity contribution in [3.63, 3.8) is 0 Å². The van der Waals surface area contributed by atoms with Gasteiger partial charge in [-0.05, 0) is 41.8 Å². The lowest BCUT2D eigenvalue weighted by atomic mass is 9.95. The van der Waals surface area contributed by atoms with Crippen LogP contribution in [-0.2, 0) is 27.3 Å². The smallest absolute Gasteiger partial charge is 0.241 e. The third kappa shape index (κ3) is 6.92. The molecule has 0 saturated carbocycles. The Morgan fingerprint density at radius 3 is 2.23 bits per heavy atom. The monoisotopic (exact) mass is 466 g/mol. The first-order valence-corrected chi connectivity index (χ1v) is 9.98. The Kier molecular flexibility index (Phi) is 9.74. The molecular weight excluding hydrogens is 439 g/mol. The summed E-state index contributed by atoms with van der Waals surface area (Å²) in [5.74, 6) is -0.0997. The maximum atomic E-state index is 12.6. The van der Waals surface area contributed by atoms with Crippen LogP contribution in [0.3, 0.4) is 0 Å². The molecule has 0 bridgehead atoms. The number of nitrogens with zero attached hydrogens (tertiary/aromatic N) is 1. The van der Waals surface area contributed by atoms with Crippen LogP contribution >= 0.6 is 24.8 Å². The average molecular weight is 467 g/mol. The molecule has 9 heteroatoms. The predicted molar refractivity (Wildman–Crippen MR) is 126 cm³/mol. The van der Waals surface area contributed by atoms with Crippen LogP contribution in [0.15, 0.2) is 48.5 Å².